The number of methoxy groups -OCH3 is 1. The maximum Gasteiger partial charge on any atom is 0.123 e. The number of halogens is 1. The average Bonchev–Trinajstić information content (AvgIpc) is 2.27. The highest BCUT2D eigenvalue weighted by molar-refractivity contribution is 5.27. The number of likely N-dealkylation sites (N-methyl/N-ethyl adjacent to an activating group) is 1. The van der Waals surface area contributed by atoms with Crippen molar-refractivity contribution in [3.63, 3.8) is 0 Å². The van der Waals surface area contributed by atoms with E-state index in [1.54, 1.807) is 19.2 Å². The first-order chi connectivity index (χ1) is 8.49. The molecular formula is C15H24FNO. The van der Waals surface area contributed by atoms with Crippen LogP contribution in [-0.4, -0.2) is 19.8 Å². The number of nitrogens with one attached hydrogen (secondary N) is 1. The zero-order chi connectivity index (χ0) is 13.7. The largest absolute Gasteiger partial charge is 0.379 e. The Morgan fingerprint density at radius 3 is 2.39 bits per heavy atom. The molecule has 0 aliphatic rings. The number of benzene rings is 1. The van der Waals surface area contributed by atoms with Gasteiger partial charge in [0.25, 0.3) is 0 Å². The van der Waals surface area contributed by atoms with Gasteiger partial charge in [-0.2, -0.15) is 0 Å². The van der Waals surface area contributed by atoms with E-state index in [1.165, 1.54) is 0 Å². The van der Waals surface area contributed by atoms with Crippen LogP contribution in [-0.2, 0) is 4.74 Å². The molecule has 1 N–H and O–H groups in total. The van der Waals surface area contributed by atoms with Gasteiger partial charge in [-0.15, -0.1) is 0 Å². The molecule has 0 saturated heterocycles. The van der Waals surface area contributed by atoms with Crippen molar-refractivity contribution in [1.29, 1.82) is 0 Å². The van der Waals surface area contributed by atoms with Crippen molar-refractivity contribution in [3.8, 4) is 0 Å². The molecule has 0 radical (unpaired) electrons. The molecule has 0 amide bonds. The fourth-order valence-corrected chi connectivity index (χ4v) is 2.38. The van der Waals surface area contributed by atoms with E-state index in [2.05, 4.69) is 19.2 Å². The van der Waals surface area contributed by atoms with Crippen molar-refractivity contribution >= 4 is 0 Å². The number of rotatable bonds is 6. The molecule has 1 rings (SSSR count). The van der Waals surface area contributed by atoms with Crippen LogP contribution in [0.3, 0.4) is 0 Å². The summed E-state index contributed by atoms with van der Waals surface area (Å²) >= 11 is 0. The van der Waals surface area contributed by atoms with Crippen molar-refractivity contribution in [3.05, 3.63) is 35.1 Å². The minimum atomic E-state index is -0.188. The van der Waals surface area contributed by atoms with Crippen molar-refractivity contribution in [2.75, 3.05) is 13.7 Å². The first-order valence-electron chi connectivity index (χ1n) is 6.52. The smallest absolute Gasteiger partial charge is 0.123 e. The van der Waals surface area contributed by atoms with Gasteiger partial charge in [0, 0.05) is 7.11 Å². The summed E-state index contributed by atoms with van der Waals surface area (Å²) in [5.74, 6) is 0.175. The molecule has 0 fully saturated rings. The van der Waals surface area contributed by atoms with Crippen LogP contribution >= 0.6 is 0 Å². The van der Waals surface area contributed by atoms with Gasteiger partial charge in [0.2, 0.25) is 0 Å². The molecule has 18 heavy (non-hydrogen) atoms. The summed E-state index contributed by atoms with van der Waals surface area (Å²) in [5, 5.41) is 3.39. The number of hydrogen-bond donors (Lipinski definition) is 1. The Morgan fingerprint density at radius 2 is 1.94 bits per heavy atom. The summed E-state index contributed by atoms with van der Waals surface area (Å²) in [6.07, 6.45) is 0.0335. The zero-order valence-electron chi connectivity index (χ0n) is 12.0. The molecule has 3 heteroatoms. The highest BCUT2D eigenvalue weighted by Gasteiger charge is 2.25. The molecule has 0 aliphatic heterocycles. The first kappa shape index (κ1) is 15.1. The fourth-order valence-electron chi connectivity index (χ4n) is 2.38. The van der Waals surface area contributed by atoms with E-state index in [1.807, 2.05) is 19.9 Å². The molecule has 2 unspecified atom stereocenters. The fraction of sp³-hybridized carbons (Fsp3) is 0.600. The van der Waals surface area contributed by atoms with Gasteiger partial charge in [-0.25, -0.2) is 4.39 Å². The van der Waals surface area contributed by atoms with Crippen LogP contribution < -0.4 is 5.32 Å². The van der Waals surface area contributed by atoms with Gasteiger partial charge in [0.05, 0.1) is 12.1 Å². The summed E-state index contributed by atoms with van der Waals surface area (Å²) in [6, 6.07) is 5.18. The normalized spacial score (nSPS) is 14.8. The van der Waals surface area contributed by atoms with Crippen LogP contribution in [0.2, 0.25) is 0 Å². The first-order valence-corrected chi connectivity index (χ1v) is 6.52. The Labute approximate surface area is 110 Å². The van der Waals surface area contributed by atoms with Crippen molar-refractivity contribution in [2.24, 2.45) is 5.92 Å². The molecule has 0 saturated carbocycles. The molecule has 0 heterocycles. The van der Waals surface area contributed by atoms with E-state index in [0.717, 1.165) is 17.7 Å². The van der Waals surface area contributed by atoms with Gasteiger partial charge in [0.15, 0.2) is 0 Å². The molecule has 1 aromatic carbocycles. The van der Waals surface area contributed by atoms with E-state index in [9.17, 15) is 4.39 Å². The second-order valence-electron chi connectivity index (χ2n) is 5.04. The predicted molar refractivity (Wildman–Crippen MR) is 73.2 cm³/mol. The molecule has 0 aliphatic carbocycles. The quantitative estimate of drug-likeness (QED) is 0.838. The lowest BCUT2D eigenvalue weighted by molar-refractivity contribution is 0.0330. The Morgan fingerprint density at radius 1 is 1.28 bits per heavy atom. The third kappa shape index (κ3) is 3.79. The molecule has 0 aromatic heterocycles. The monoisotopic (exact) mass is 253 g/mol. The van der Waals surface area contributed by atoms with E-state index in [-0.39, 0.29) is 18.0 Å². The Hall–Kier alpha value is -0.930. The molecule has 0 spiro atoms. The minimum Gasteiger partial charge on any atom is -0.379 e. The average molecular weight is 253 g/mol. The van der Waals surface area contributed by atoms with Crippen LogP contribution in [0.5, 0.6) is 0 Å². The Bertz CT molecular complexity index is 359. The second kappa shape index (κ2) is 6.86. The SMILES string of the molecule is CCNC(c1cc(C)cc(F)c1)C(OC)C(C)C. The highest BCUT2D eigenvalue weighted by atomic mass is 19.1. The van der Waals surface area contributed by atoms with E-state index in [4.69, 9.17) is 4.74 Å². The van der Waals surface area contributed by atoms with Gasteiger partial charge in [-0.1, -0.05) is 26.8 Å². The summed E-state index contributed by atoms with van der Waals surface area (Å²) in [5.41, 5.74) is 1.89. The number of aryl methyl sites for hydroxylation is 1. The number of hydrogen-bond acceptors (Lipinski definition) is 2. The van der Waals surface area contributed by atoms with E-state index >= 15 is 0 Å². The van der Waals surface area contributed by atoms with Crippen LogP contribution in [0.1, 0.15) is 37.9 Å². The highest BCUT2D eigenvalue weighted by Crippen LogP contribution is 2.25. The predicted octanol–water partition coefficient (Wildman–Crippen LogP) is 3.46. The van der Waals surface area contributed by atoms with Crippen LogP contribution in [0, 0.1) is 18.7 Å². The van der Waals surface area contributed by atoms with Gasteiger partial charge in [-0.3, -0.25) is 0 Å². The third-order valence-corrected chi connectivity index (χ3v) is 3.11. The second-order valence-corrected chi connectivity index (χ2v) is 5.04. The molecule has 0 bridgehead atoms. The van der Waals surface area contributed by atoms with Crippen LogP contribution in [0.4, 0.5) is 4.39 Å². The molecule has 2 nitrogen and oxygen atoms in total. The van der Waals surface area contributed by atoms with Crippen LogP contribution in [0.15, 0.2) is 18.2 Å². The zero-order valence-corrected chi connectivity index (χ0v) is 12.0. The van der Waals surface area contributed by atoms with Crippen LogP contribution in [0.25, 0.3) is 0 Å². The molecular weight excluding hydrogens is 229 g/mol. The molecule has 2 atom stereocenters. The summed E-state index contributed by atoms with van der Waals surface area (Å²) in [6.45, 7) is 9.01. The minimum absolute atomic E-state index is 0.0226. The maximum absolute atomic E-state index is 13.5. The van der Waals surface area contributed by atoms with E-state index in [0.29, 0.717) is 5.92 Å². The lowest BCUT2D eigenvalue weighted by atomic mass is 9.92. The Balaban J connectivity index is 3.09. The Kier molecular flexibility index (Phi) is 5.76. The summed E-state index contributed by atoms with van der Waals surface area (Å²) < 4.78 is 19.1. The van der Waals surface area contributed by atoms with Gasteiger partial charge in [0.1, 0.15) is 5.82 Å². The van der Waals surface area contributed by atoms with E-state index < -0.39 is 0 Å². The third-order valence-electron chi connectivity index (χ3n) is 3.11. The van der Waals surface area contributed by atoms with Crippen molar-refractivity contribution in [1.82, 2.24) is 5.32 Å². The van der Waals surface area contributed by atoms with Crippen molar-refractivity contribution < 1.29 is 9.13 Å². The summed E-state index contributed by atoms with van der Waals surface area (Å²) in [4.78, 5) is 0. The standard InChI is InChI=1S/C15H24FNO/c1-6-17-14(15(18-5)10(2)3)12-7-11(4)8-13(16)9-12/h7-10,14-15,17H,6H2,1-5H3. The lowest BCUT2D eigenvalue weighted by Gasteiger charge is -2.30. The lowest BCUT2D eigenvalue weighted by Crippen LogP contribution is -2.36. The van der Waals surface area contributed by atoms with Gasteiger partial charge < -0.3 is 10.1 Å². The molecule has 102 valence electrons. The maximum atomic E-state index is 13.5. The number of ether oxygens (including phenoxy) is 1. The molecule has 1 aromatic rings. The van der Waals surface area contributed by atoms with Gasteiger partial charge in [-0.05, 0) is 42.6 Å². The van der Waals surface area contributed by atoms with Crippen molar-refractivity contribution in [2.45, 2.75) is 39.8 Å². The van der Waals surface area contributed by atoms with Gasteiger partial charge >= 0.3 is 0 Å². The summed E-state index contributed by atoms with van der Waals surface area (Å²) in [7, 11) is 1.71. The topological polar surface area (TPSA) is 21.3 Å².